The lowest BCUT2D eigenvalue weighted by atomic mass is 10.3. The van der Waals surface area contributed by atoms with Crippen LogP contribution in [0.4, 0.5) is 18.9 Å². The van der Waals surface area contributed by atoms with Crippen molar-refractivity contribution < 1.29 is 22.4 Å². The van der Waals surface area contributed by atoms with Crippen molar-refractivity contribution in [3.05, 3.63) is 47.7 Å². The minimum atomic E-state index is -4.70. The van der Waals surface area contributed by atoms with Gasteiger partial charge in [-0.25, -0.2) is 0 Å². The largest absolute Gasteiger partial charge is 0.573 e. The molecule has 0 saturated carbocycles. The van der Waals surface area contributed by atoms with Gasteiger partial charge in [-0.05, 0) is 35.7 Å². The molecule has 0 unspecified atom stereocenters. The molecule has 3 aromatic rings. The van der Waals surface area contributed by atoms with E-state index >= 15 is 0 Å². The number of hydrogen-bond donors (Lipinski definition) is 1. The van der Waals surface area contributed by atoms with Gasteiger partial charge in [0.2, 0.25) is 11.7 Å². The Labute approximate surface area is 132 Å². The van der Waals surface area contributed by atoms with Gasteiger partial charge >= 0.3 is 6.36 Å². The molecule has 1 N–H and O–H groups in total. The summed E-state index contributed by atoms with van der Waals surface area (Å²) in [5.41, 5.74) is 0.607. The van der Waals surface area contributed by atoms with Crippen molar-refractivity contribution in [2.24, 2.45) is 0 Å². The van der Waals surface area contributed by atoms with Crippen LogP contribution in [0, 0.1) is 0 Å². The fraction of sp³-hybridized carbons (Fsp3) is 0.143. The van der Waals surface area contributed by atoms with Crippen LogP contribution in [0.1, 0.15) is 5.89 Å². The highest BCUT2D eigenvalue weighted by molar-refractivity contribution is 7.13. The third-order valence-corrected chi connectivity index (χ3v) is 3.61. The van der Waals surface area contributed by atoms with Crippen LogP contribution in [-0.4, -0.2) is 16.5 Å². The number of anilines is 1. The Morgan fingerprint density at radius 1 is 1.17 bits per heavy atom. The zero-order chi connectivity index (χ0) is 16.3. The van der Waals surface area contributed by atoms with Crippen LogP contribution in [0.5, 0.6) is 5.75 Å². The summed E-state index contributed by atoms with van der Waals surface area (Å²) in [5.74, 6) is 0.607. The van der Waals surface area contributed by atoms with Crippen LogP contribution < -0.4 is 10.1 Å². The Kier molecular flexibility index (Phi) is 4.20. The summed E-state index contributed by atoms with van der Waals surface area (Å²) in [6.45, 7) is 0.262. The average Bonchev–Trinajstić information content (AvgIpc) is 3.16. The van der Waals surface area contributed by atoms with E-state index in [1.807, 2.05) is 17.5 Å². The number of thiophene rings is 1. The number of ether oxygens (including phenoxy) is 1. The Hall–Kier alpha value is -2.55. The third-order valence-electron chi connectivity index (χ3n) is 2.74. The maximum absolute atomic E-state index is 12.1. The summed E-state index contributed by atoms with van der Waals surface area (Å²) < 4.78 is 45.1. The Bertz CT molecular complexity index is 754. The van der Waals surface area contributed by atoms with E-state index in [4.69, 9.17) is 4.52 Å². The van der Waals surface area contributed by atoms with Crippen molar-refractivity contribution in [3.63, 3.8) is 0 Å². The molecule has 0 spiro atoms. The molecular formula is C14H10F3N3O2S. The SMILES string of the molecule is FC(F)(F)Oc1ccc(NCc2nc(-c3cccs3)no2)cc1. The van der Waals surface area contributed by atoms with Gasteiger partial charge in [0, 0.05) is 5.69 Å². The van der Waals surface area contributed by atoms with Gasteiger partial charge in [0.05, 0.1) is 11.4 Å². The van der Waals surface area contributed by atoms with Gasteiger partial charge in [0.1, 0.15) is 5.75 Å². The minimum absolute atomic E-state index is 0.262. The first-order valence-electron chi connectivity index (χ1n) is 6.46. The highest BCUT2D eigenvalue weighted by Crippen LogP contribution is 2.24. The predicted molar refractivity (Wildman–Crippen MR) is 78.1 cm³/mol. The molecule has 0 saturated heterocycles. The van der Waals surface area contributed by atoms with Gasteiger partial charge < -0.3 is 14.6 Å². The monoisotopic (exact) mass is 341 g/mol. The third kappa shape index (κ3) is 4.22. The lowest BCUT2D eigenvalue weighted by molar-refractivity contribution is -0.274. The second kappa shape index (κ2) is 6.29. The van der Waals surface area contributed by atoms with Crippen molar-refractivity contribution in [1.29, 1.82) is 0 Å². The summed E-state index contributed by atoms with van der Waals surface area (Å²) in [6.07, 6.45) is -4.70. The van der Waals surface area contributed by atoms with Gasteiger partial charge in [-0.1, -0.05) is 11.2 Å². The number of halogens is 3. The lowest BCUT2D eigenvalue weighted by Crippen LogP contribution is -2.17. The normalized spacial score (nSPS) is 11.4. The molecule has 2 aromatic heterocycles. The minimum Gasteiger partial charge on any atom is -0.406 e. The summed E-state index contributed by atoms with van der Waals surface area (Å²) >= 11 is 1.50. The number of nitrogens with one attached hydrogen (secondary N) is 1. The molecule has 23 heavy (non-hydrogen) atoms. The van der Waals surface area contributed by atoms with E-state index in [-0.39, 0.29) is 12.3 Å². The fourth-order valence-corrected chi connectivity index (χ4v) is 2.43. The van der Waals surface area contributed by atoms with Crippen molar-refractivity contribution >= 4 is 17.0 Å². The summed E-state index contributed by atoms with van der Waals surface area (Å²) in [6, 6.07) is 9.15. The quantitative estimate of drug-likeness (QED) is 0.749. The molecule has 0 amide bonds. The number of alkyl halides is 3. The van der Waals surface area contributed by atoms with Gasteiger partial charge in [0.15, 0.2) is 0 Å². The number of rotatable bonds is 5. The number of benzene rings is 1. The van der Waals surface area contributed by atoms with Crippen LogP contribution in [0.2, 0.25) is 0 Å². The van der Waals surface area contributed by atoms with Crippen LogP contribution in [0.3, 0.4) is 0 Å². The first kappa shape index (κ1) is 15.3. The van der Waals surface area contributed by atoms with Crippen molar-refractivity contribution in [2.45, 2.75) is 12.9 Å². The highest BCUT2D eigenvalue weighted by Gasteiger charge is 2.30. The summed E-state index contributed by atoms with van der Waals surface area (Å²) in [7, 11) is 0. The van der Waals surface area contributed by atoms with Crippen molar-refractivity contribution in [3.8, 4) is 16.5 Å². The van der Waals surface area contributed by atoms with Crippen LogP contribution in [0.15, 0.2) is 46.3 Å². The van der Waals surface area contributed by atoms with Crippen LogP contribution in [0.25, 0.3) is 10.7 Å². The molecule has 0 aliphatic heterocycles. The number of aromatic nitrogens is 2. The van der Waals surface area contributed by atoms with Crippen molar-refractivity contribution in [2.75, 3.05) is 5.32 Å². The maximum atomic E-state index is 12.1. The Morgan fingerprint density at radius 3 is 2.61 bits per heavy atom. The Morgan fingerprint density at radius 2 is 1.96 bits per heavy atom. The Balaban J connectivity index is 1.58. The average molecular weight is 341 g/mol. The lowest BCUT2D eigenvalue weighted by Gasteiger charge is -2.09. The predicted octanol–water partition coefficient (Wildman–Crippen LogP) is 4.31. The van der Waals surface area contributed by atoms with Crippen molar-refractivity contribution in [1.82, 2.24) is 10.1 Å². The molecule has 0 aliphatic carbocycles. The van der Waals surface area contributed by atoms with E-state index in [0.717, 1.165) is 4.88 Å². The first-order valence-corrected chi connectivity index (χ1v) is 7.34. The number of hydrogen-bond acceptors (Lipinski definition) is 6. The second-order valence-corrected chi connectivity index (χ2v) is 5.36. The molecule has 0 aliphatic rings. The zero-order valence-corrected chi connectivity index (χ0v) is 12.3. The topological polar surface area (TPSA) is 60.2 Å². The standard InChI is InChI=1S/C14H10F3N3O2S/c15-14(16,17)21-10-5-3-9(4-6-10)18-8-12-19-13(20-22-12)11-2-1-7-23-11/h1-7,18H,8H2. The molecule has 9 heteroatoms. The van der Waals surface area contributed by atoms with E-state index in [2.05, 4.69) is 20.2 Å². The summed E-state index contributed by atoms with van der Waals surface area (Å²) in [5, 5.41) is 8.76. The van der Waals surface area contributed by atoms with E-state index in [0.29, 0.717) is 17.4 Å². The smallest absolute Gasteiger partial charge is 0.406 e. The molecule has 120 valence electrons. The fourth-order valence-electron chi connectivity index (χ4n) is 1.78. The molecule has 1 aromatic carbocycles. The molecule has 0 atom stereocenters. The van der Waals surface area contributed by atoms with Gasteiger partial charge in [-0.2, -0.15) is 4.98 Å². The van der Waals surface area contributed by atoms with Crippen LogP contribution >= 0.6 is 11.3 Å². The molecule has 5 nitrogen and oxygen atoms in total. The summed E-state index contributed by atoms with van der Waals surface area (Å²) in [4.78, 5) is 5.13. The van der Waals surface area contributed by atoms with E-state index in [1.165, 1.54) is 35.6 Å². The molecule has 0 bridgehead atoms. The second-order valence-electron chi connectivity index (χ2n) is 4.41. The highest BCUT2D eigenvalue weighted by atomic mass is 32.1. The first-order chi connectivity index (χ1) is 11.0. The van der Waals surface area contributed by atoms with E-state index in [9.17, 15) is 13.2 Å². The van der Waals surface area contributed by atoms with E-state index in [1.54, 1.807) is 0 Å². The molecule has 0 radical (unpaired) electrons. The zero-order valence-electron chi connectivity index (χ0n) is 11.5. The number of nitrogens with zero attached hydrogens (tertiary/aromatic N) is 2. The van der Waals surface area contributed by atoms with Gasteiger partial charge in [-0.15, -0.1) is 24.5 Å². The molecule has 0 fully saturated rings. The molecular weight excluding hydrogens is 331 g/mol. The maximum Gasteiger partial charge on any atom is 0.573 e. The van der Waals surface area contributed by atoms with Crippen LogP contribution in [-0.2, 0) is 6.54 Å². The van der Waals surface area contributed by atoms with Gasteiger partial charge in [-0.3, -0.25) is 0 Å². The van der Waals surface area contributed by atoms with E-state index < -0.39 is 6.36 Å². The van der Waals surface area contributed by atoms with Gasteiger partial charge in [0.25, 0.3) is 0 Å². The molecule has 3 rings (SSSR count). The molecule has 2 heterocycles.